The highest BCUT2D eigenvalue weighted by Gasteiger charge is 2.52. The first-order chi connectivity index (χ1) is 9.33. The number of piperidine rings is 1. The number of likely N-dealkylation sites (tertiary alicyclic amines) is 1. The molecule has 110 valence electrons. The summed E-state index contributed by atoms with van der Waals surface area (Å²) in [6.45, 7) is 5.40. The molecular formula is C14H21N3O3. The van der Waals surface area contributed by atoms with Crippen LogP contribution in [0.4, 0.5) is 4.79 Å². The third-order valence-electron chi connectivity index (χ3n) is 3.80. The molecule has 1 saturated carbocycles. The van der Waals surface area contributed by atoms with Crippen molar-refractivity contribution in [3.63, 3.8) is 0 Å². The van der Waals surface area contributed by atoms with Gasteiger partial charge in [-0.3, -0.25) is 9.69 Å². The third kappa shape index (κ3) is 2.87. The van der Waals surface area contributed by atoms with Gasteiger partial charge >= 0.3 is 6.09 Å². The number of fused-ring (bicyclic) bond motifs is 2. The van der Waals surface area contributed by atoms with Gasteiger partial charge in [0.1, 0.15) is 18.2 Å². The number of rotatable bonds is 2. The molecule has 2 rings (SSSR count). The lowest BCUT2D eigenvalue weighted by molar-refractivity contribution is -0.127. The first-order valence-electron chi connectivity index (χ1n) is 6.99. The van der Waals surface area contributed by atoms with Crippen molar-refractivity contribution in [3.8, 4) is 6.07 Å². The molecule has 2 bridgehead atoms. The minimum absolute atomic E-state index is 0.0329. The van der Waals surface area contributed by atoms with Gasteiger partial charge in [-0.05, 0) is 46.0 Å². The highest BCUT2D eigenvalue weighted by Crippen LogP contribution is 2.43. The fraction of sp³-hybridized carbons (Fsp3) is 0.786. The molecule has 0 aromatic carbocycles. The van der Waals surface area contributed by atoms with E-state index < -0.39 is 17.7 Å². The van der Waals surface area contributed by atoms with Crippen LogP contribution in [0.25, 0.3) is 0 Å². The van der Waals surface area contributed by atoms with Crippen molar-refractivity contribution >= 4 is 12.0 Å². The maximum atomic E-state index is 12.3. The summed E-state index contributed by atoms with van der Waals surface area (Å²) < 4.78 is 5.40. The van der Waals surface area contributed by atoms with Crippen LogP contribution in [0.2, 0.25) is 0 Å². The maximum absolute atomic E-state index is 12.3. The van der Waals surface area contributed by atoms with Crippen molar-refractivity contribution < 1.29 is 14.3 Å². The molecule has 0 radical (unpaired) electrons. The molecule has 1 aliphatic carbocycles. The van der Waals surface area contributed by atoms with Gasteiger partial charge in [0.05, 0.1) is 6.07 Å². The smallest absolute Gasteiger partial charge is 0.411 e. The minimum atomic E-state index is -0.577. The summed E-state index contributed by atoms with van der Waals surface area (Å²) in [5.41, 5.74) is -0.577. The second-order valence-electron chi connectivity index (χ2n) is 6.44. The molecule has 1 aliphatic heterocycles. The molecule has 20 heavy (non-hydrogen) atoms. The highest BCUT2D eigenvalue weighted by molar-refractivity contribution is 5.87. The average molecular weight is 279 g/mol. The highest BCUT2D eigenvalue weighted by atomic mass is 16.6. The van der Waals surface area contributed by atoms with Crippen LogP contribution in [0, 0.1) is 17.2 Å². The van der Waals surface area contributed by atoms with Gasteiger partial charge in [0.2, 0.25) is 5.91 Å². The first kappa shape index (κ1) is 14.6. The number of nitrogens with zero attached hydrogens (tertiary/aromatic N) is 2. The summed E-state index contributed by atoms with van der Waals surface area (Å²) in [6.07, 6.45) is 2.30. The zero-order valence-corrected chi connectivity index (χ0v) is 12.2. The number of carbonyl (C=O) groups excluding carboxylic acids is 2. The zero-order chi connectivity index (χ0) is 14.9. The molecule has 0 aromatic heterocycles. The number of hydrogen-bond acceptors (Lipinski definition) is 4. The van der Waals surface area contributed by atoms with E-state index in [0.717, 1.165) is 19.3 Å². The Balaban J connectivity index is 2.11. The van der Waals surface area contributed by atoms with Crippen molar-refractivity contribution in [1.29, 1.82) is 5.26 Å². The molecule has 0 unspecified atom stereocenters. The Labute approximate surface area is 119 Å². The van der Waals surface area contributed by atoms with E-state index in [2.05, 4.69) is 5.32 Å². The molecule has 1 heterocycles. The Morgan fingerprint density at radius 3 is 2.70 bits per heavy atom. The van der Waals surface area contributed by atoms with Crippen LogP contribution >= 0.6 is 0 Å². The number of carbonyl (C=O) groups is 2. The number of ether oxygens (including phenoxy) is 1. The van der Waals surface area contributed by atoms with Gasteiger partial charge in [0.25, 0.3) is 0 Å². The Morgan fingerprint density at radius 2 is 2.10 bits per heavy atom. The van der Waals surface area contributed by atoms with Gasteiger partial charge in [-0.25, -0.2) is 4.79 Å². The molecule has 1 saturated heterocycles. The summed E-state index contributed by atoms with van der Waals surface area (Å²) >= 11 is 0. The fourth-order valence-corrected chi connectivity index (χ4v) is 3.13. The topological polar surface area (TPSA) is 82.4 Å². The largest absolute Gasteiger partial charge is 0.444 e. The van der Waals surface area contributed by atoms with Gasteiger partial charge < -0.3 is 10.1 Å². The number of amides is 2. The summed E-state index contributed by atoms with van der Waals surface area (Å²) in [5.74, 6) is -0.0594. The molecule has 1 N–H and O–H groups in total. The van der Waals surface area contributed by atoms with Crippen LogP contribution in [-0.2, 0) is 9.53 Å². The van der Waals surface area contributed by atoms with Crippen molar-refractivity contribution in [3.05, 3.63) is 0 Å². The second kappa shape index (κ2) is 5.31. The lowest BCUT2D eigenvalue weighted by atomic mass is 9.98. The molecule has 2 fully saturated rings. The Morgan fingerprint density at radius 1 is 1.40 bits per heavy atom. The maximum Gasteiger partial charge on any atom is 0.411 e. The fourth-order valence-electron chi connectivity index (χ4n) is 3.13. The monoisotopic (exact) mass is 279 g/mol. The van der Waals surface area contributed by atoms with E-state index in [0.29, 0.717) is 0 Å². The molecular weight excluding hydrogens is 258 g/mol. The summed E-state index contributed by atoms with van der Waals surface area (Å²) in [4.78, 5) is 26.0. The lowest BCUT2D eigenvalue weighted by Gasteiger charge is -2.35. The molecule has 0 spiro atoms. The molecule has 2 amide bonds. The average Bonchev–Trinajstić information content (AvgIpc) is 2.93. The van der Waals surface area contributed by atoms with Crippen LogP contribution in [0.1, 0.15) is 40.0 Å². The minimum Gasteiger partial charge on any atom is -0.444 e. The summed E-state index contributed by atoms with van der Waals surface area (Å²) in [5, 5.41) is 11.1. The van der Waals surface area contributed by atoms with E-state index >= 15 is 0 Å². The van der Waals surface area contributed by atoms with E-state index in [1.165, 1.54) is 0 Å². The van der Waals surface area contributed by atoms with Crippen LogP contribution < -0.4 is 5.32 Å². The van der Waals surface area contributed by atoms with Gasteiger partial charge in [0, 0.05) is 6.04 Å². The van der Waals surface area contributed by atoms with Gasteiger partial charge in [-0.2, -0.15) is 5.26 Å². The van der Waals surface area contributed by atoms with Crippen LogP contribution in [0.5, 0.6) is 0 Å². The Kier molecular flexibility index (Phi) is 3.89. The van der Waals surface area contributed by atoms with Crippen molar-refractivity contribution in [2.45, 2.75) is 57.7 Å². The van der Waals surface area contributed by atoms with Gasteiger partial charge in [-0.15, -0.1) is 0 Å². The predicted molar refractivity (Wildman–Crippen MR) is 71.6 cm³/mol. The van der Waals surface area contributed by atoms with Crippen molar-refractivity contribution in [2.24, 2.45) is 5.92 Å². The summed E-state index contributed by atoms with van der Waals surface area (Å²) in [6, 6.07) is 1.48. The third-order valence-corrected chi connectivity index (χ3v) is 3.80. The van der Waals surface area contributed by atoms with E-state index in [1.807, 2.05) is 26.8 Å². The number of hydrogen-bond donors (Lipinski definition) is 1. The van der Waals surface area contributed by atoms with E-state index in [9.17, 15) is 9.59 Å². The SMILES string of the molecule is CC(C)(C)OC(=O)N1[C@@H]2CC[C@@H](C2)[C@H]1C(=O)NCC#N. The van der Waals surface area contributed by atoms with E-state index in [4.69, 9.17) is 10.00 Å². The first-order valence-corrected chi connectivity index (χ1v) is 6.99. The normalized spacial score (nSPS) is 28.1. The number of nitriles is 1. The predicted octanol–water partition coefficient (Wildman–Crippen LogP) is 1.41. The standard InChI is InChI=1S/C14H21N3O3/c1-14(2,3)20-13(19)17-10-5-4-9(8-10)11(17)12(18)16-7-6-15/h9-11H,4-5,7-8H2,1-3H3,(H,16,18)/t9-,10+,11-/m0/s1. The number of nitrogens with one attached hydrogen (secondary N) is 1. The van der Waals surface area contributed by atoms with Crippen LogP contribution in [0.3, 0.4) is 0 Å². The van der Waals surface area contributed by atoms with Crippen molar-refractivity contribution in [1.82, 2.24) is 10.2 Å². The molecule has 6 heteroatoms. The summed E-state index contributed by atoms with van der Waals surface area (Å²) in [7, 11) is 0. The second-order valence-corrected chi connectivity index (χ2v) is 6.44. The van der Waals surface area contributed by atoms with Crippen molar-refractivity contribution in [2.75, 3.05) is 6.54 Å². The van der Waals surface area contributed by atoms with Gasteiger partial charge in [0.15, 0.2) is 0 Å². The van der Waals surface area contributed by atoms with E-state index in [-0.39, 0.29) is 24.4 Å². The Hall–Kier alpha value is -1.77. The zero-order valence-electron chi connectivity index (χ0n) is 12.2. The molecule has 6 nitrogen and oxygen atoms in total. The molecule has 0 aromatic rings. The van der Waals surface area contributed by atoms with Crippen LogP contribution in [-0.4, -0.2) is 41.1 Å². The van der Waals surface area contributed by atoms with E-state index in [1.54, 1.807) is 4.90 Å². The molecule has 3 atom stereocenters. The Bertz CT molecular complexity index is 450. The van der Waals surface area contributed by atoms with Crippen LogP contribution in [0.15, 0.2) is 0 Å². The quantitative estimate of drug-likeness (QED) is 0.775. The van der Waals surface area contributed by atoms with Gasteiger partial charge in [-0.1, -0.05) is 0 Å². The molecule has 2 aliphatic rings. The lowest BCUT2D eigenvalue weighted by Crippen LogP contribution is -2.53.